The second kappa shape index (κ2) is 3.69. The maximum atomic E-state index is 11.5. The van der Waals surface area contributed by atoms with Gasteiger partial charge in [-0.05, 0) is 25.5 Å². The summed E-state index contributed by atoms with van der Waals surface area (Å²) in [7, 11) is 0. The predicted molar refractivity (Wildman–Crippen MR) is 52.9 cm³/mol. The molecule has 1 heterocycles. The molecule has 0 spiro atoms. The highest BCUT2D eigenvalue weighted by atomic mass is 16.1. The van der Waals surface area contributed by atoms with Crippen LogP contribution in [0, 0.1) is 19.8 Å². The first kappa shape index (κ1) is 9.90. The Labute approximate surface area is 79.0 Å². The zero-order chi connectivity index (χ0) is 10.0. The minimum atomic E-state index is 0.0228. The molecule has 0 aromatic carbocycles. The first-order valence-corrected chi connectivity index (χ1v) is 4.51. The van der Waals surface area contributed by atoms with Gasteiger partial charge in [0, 0.05) is 11.6 Å². The number of carbonyl (C=O) groups is 1. The fourth-order valence-corrected chi connectivity index (χ4v) is 1.06. The highest BCUT2D eigenvalue weighted by molar-refractivity contribution is 5.95. The van der Waals surface area contributed by atoms with Crippen LogP contribution >= 0.6 is 0 Å². The molecule has 0 N–H and O–H groups in total. The van der Waals surface area contributed by atoms with Gasteiger partial charge in [0.15, 0.2) is 5.78 Å². The third-order valence-corrected chi connectivity index (χ3v) is 2.13. The number of aromatic nitrogens is 1. The Balaban J connectivity index is 3.04. The molecule has 0 aliphatic rings. The SMILES string of the molecule is Cc1ccc(C(=O)C(C)C)nc1C. The smallest absolute Gasteiger partial charge is 0.183 e. The van der Waals surface area contributed by atoms with Crippen molar-refractivity contribution in [2.75, 3.05) is 0 Å². The summed E-state index contributed by atoms with van der Waals surface area (Å²) in [4.78, 5) is 15.8. The molecule has 2 heteroatoms. The number of Topliss-reactive ketones (excluding diaryl/α,β-unsaturated/α-hetero) is 1. The number of rotatable bonds is 2. The third-order valence-electron chi connectivity index (χ3n) is 2.13. The molecule has 0 atom stereocenters. The summed E-state index contributed by atoms with van der Waals surface area (Å²) in [6.07, 6.45) is 0. The Kier molecular flexibility index (Phi) is 2.81. The lowest BCUT2D eigenvalue weighted by Gasteiger charge is -2.05. The molecule has 0 unspecified atom stereocenters. The van der Waals surface area contributed by atoms with E-state index in [1.165, 1.54) is 0 Å². The van der Waals surface area contributed by atoms with Crippen LogP contribution in [0.4, 0.5) is 0 Å². The topological polar surface area (TPSA) is 30.0 Å². The van der Waals surface area contributed by atoms with Crippen LogP contribution in [0.3, 0.4) is 0 Å². The average molecular weight is 177 g/mol. The summed E-state index contributed by atoms with van der Waals surface area (Å²) < 4.78 is 0. The van der Waals surface area contributed by atoms with E-state index in [9.17, 15) is 4.79 Å². The quantitative estimate of drug-likeness (QED) is 0.650. The van der Waals surface area contributed by atoms with E-state index in [-0.39, 0.29) is 11.7 Å². The van der Waals surface area contributed by atoms with E-state index < -0.39 is 0 Å². The fraction of sp³-hybridized carbons (Fsp3) is 0.455. The summed E-state index contributed by atoms with van der Waals surface area (Å²) >= 11 is 0. The molecular formula is C11H15NO. The monoisotopic (exact) mass is 177 g/mol. The van der Waals surface area contributed by atoms with Gasteiger partial charge in [0.2, 0.25) is 0 Å². The number of carbonyl (C=O) groups excluding carboxylic acids is 1. The normalized spacial score (nSPS) is 10.5. The van der Waals surface area contributed by atoms with E-state index >= 15 is 0 Å². The lowest BCUT2D eigenvalue weighted by Crippen LogP contribution is -2.10. The van der Waals surface area contributed by atoms with Crippen LogP contribution in [0.15, 0.2) is 12.1 Å². The average Bonchev–Trinajstić information content (AvgIpc) is 2.08. The molecule has 1 aromatic rings. The van der Waals surface area contributed by atoms with Gasteiger partial charge in [0.1, 0.15) is 5.69 Å². The lowest BCUT2D eigenvalue weighted by atomic mass is 10.0. The van der Waals surface area contributed by atoms with Crippen molar-refractivity contribution in [3.8, 4) is 0 Å². The molecular weight excluding hydrogens is 162 g/mol. The Morgan fingerprint density at radius 1 is 1.31 bits per heavy atom. The molecule has 0 saturated heterocycles. The van der Waals surface area contributed by atoms with Crippen molar-refractivity contribution in [2.24, 2.45) is 5.92 Å². The minimum absolute atomic E-state index is 0.0228. The molecule has 70 valence electrons. The Bertz CT molecular complexity index is 329. The van der Waals surface area contributed by atoms with E-state index in [1.54, 1.807) is 6.07 Å². The predicted octanol–water partition coefficient (Wildman–Crippen LogP) is 2.54. The van der Waals surface area contributed by atoms with Gasteiger partial charge >= 0.3 is 0 Å². The molecule has 13 heavy (non-hydrogen) atoms. The van der Waals surface area contributed by atoms with Crippen molar-refractivity contribution in [2.45, 2.75) is 27.7 Å². The van der Waals surface area contributed by atoms with Crippen LogP contribution in [0.1, 0.15) is 35.6 Å². The summed E-state index contributed by atoms with van der Waals surface area (Å²) in [6.45, 7) is 7.69. The maximum absolute atomic E-state index is 11.5. The van der Waals surface area contributed by atoms with Crippen molar-refractivity contribution in [3.63, 3.8) is 0 Å². The largest absolute Gasteiger partial charge is 0.292 e. The van der Waals surface area contributed by atoms with Gasteiger partial charge in [0.25, 0.3) is 0 Å². The van der Waals surface area contributed by atoms with E-state index in [1.807, 2.05) is 33.8 Å². The second-order valence-corrected chi connectivity index (χ2v) is 3.62. The summed E-state index contributed by atoms with van der Waals surface area (Å²) in [5.41, 5.74) is 2.64. The summed E-state index contributed by atoms with van der Waals surface area (Å²) in [5, 5.41) is 0. The molecule has 2 nitrogen and oxygen atoms in total. The lowest BCUT2D eigenvalue weighted by molar-refractivity contribution is 0.0934. The number of pyridine rings is 1. The first-order chi connectivity index (χ1) is 6.02. The van der Waals surface area contributed by atoms with Gasteiger partial charge in [-0.2, -0.15) is 0 Å². The van der Waals surface area contributed by atoms with E-state index in [4.69, 9.17) is 0 Å². The van der Waals surface area contributed by atoms with Gasteiger partial charge in [-0.15, -0.1) is 0 Å². The van der Waals surface area contributed by atoms with Gasteiger partial charge < -0.3 is 0 Å². The molecule has 0 bridgehead atoms. The molecule has 1 aromatic heterocycles. The minimum Gasteiger partial charge on any atom is -0.292 e. The van der Waals surface area contributed by atoms with Crippen molar-refractivity contribution in [1.82, 2.24) is 4.98 Å². The van der Waals surface area contributed by atoms with Gasteiger partial charge in [0.05, 0.1) is 0 Å². The number of hydrogen-bond donors (Lipinski definition) is 0. The van der Waals surface area contributed by atoms with Crippen molar-refractivity contribution >= 4 is 5.78 Å². The molecule has 0 fully saturated rings. The Morgan fingerprint density at radius 3 is 2.38 bits per heavy atom. The maximum Gasteiger partial charge on any atom is 0.183 e. The molecule has 0 aliphatic heterocycles. The third kappa shape index (κ3) is 2.14. The Hall–Kier alpha value is -1.18. The number of aryl methyl sites for hydroxylation is 2. The van der Waals surface area contributed by atoms with E-state index in [0.717, 1.165) is 11.3 Å². The summed E-state index contributed by atoms with van der Waals surface area (Å²) in [6, 6.07) is 3.74. The molecule has 1 rings (SSSR count). The zero-order valence-corrected chi connectivity index (χ0v) is 8.59. The van der Waals surface area contributed by atoms with Crippen LogP contribution in [-0.4, -0.2) is 10.8 Å². The standard InChI is InChI=1S/C11H15NO/c1-7(2)11(13)10-6-5-8(3)9(4)12-10/h5-7H,1-4H3. The number of ketones is 1. The molecule has 0 radical (unpaired) electrons. The van der Waals surface area contributed by atoms with E-state index in [2.05, 4.69) is 4.98 Å². The highest BCUT2D eigenvalue weighted by Gasteiger charge is 2.11. The number of hydrogen-bond acceptors (Lipinski definition) is 2. The molecule has 0 amide bonds. The fourth-order valence-electron chi connectivity index (χ4n) is 1.06. The van der Waals surface area contributed by atoms with Gasteiger partial charge in [-0.1, -0.05) is 19.9 Å². The second-order valence-electron chi connectivity index (χ2n) is 3.62. The van der Waals surface area contributed by atoms with Gasteiger partial charge in [-0.25, -0.2) is 4.98 Å². The van der Waals surface area contributed by atoms with Crippen molar-refractivity contribution in [1.29, 1.82) is 0 Å². The molecule has 0 saturated carbocycles. The van der Waals surface area contributed by atoms with Gasteiger partial charge in [-0.3, -0.25) is 4.79 Å². The number of nitrogens with zero attached hydrogens (tertiary/aromatic N) is 1. The molecule has 0 aliphatic carbocycles. The zero-order valence-electron chi connectivity index (χ0n) is 8.59. The first-order valence-electron chi connectivity index (χ1n) is 4.51. The highest BCUT2D eigenvalue weighted by Crippen LogP contribution is 2.09. The summed E-state index contributed by atoms with van der Waals surface area (Å²) in [5.74, 6) is 0.137. The van der Waals surface area contributed by atoms with Crippen molar-refractivity contribution < 1.29 is 4.79 Å². The van der Waals surface area contributed by atoms with Crippen LogP contribution in [-0.2, 0) is 0 Å². The van der Waals surface area contributed by atoms with Crippen LogP contribution in [0.5, 0.6) is 0 Å². The van der Waals surface area contributed by atoms with Crippen LogP contribution in [0.25, 0.3) is 0 Å². The van der Waals surface area contributed by atoms with Crippen LogP contribution in [0.2, 0.25) is 0 Å². The Morgan fingerprint density at radius 2 is 1.92 bits per heavy atom. The van der Waals surface area contributed by atoms with Crippen LogP contribution < -0.4 is 0 Å². The van der Waals surface area contributed by atoms with E-state index in [0.29, 0.717) is 5.69 Å². The van der Waals surface area contributed by atoms with Crippen molar-refractivity contribution in [3.05, 3.63) is 29.1 Å².